The molecule has 2 aromatic rings. The molecule has 0 radical (unpaired) electrons. The summed E-state index contributed by atoms with van der Waals surface area (Å²) in [7, 11) is 0. The van der Waals surface area contributed by atoms with E-state index in [-0.39, 0.29) is 0 Å². The zero-order valence-corrected chi connectivity index (χ0v) is 8.35. The first kappa shape index (κ1) is 8.95. The number of fused-ring (bicyclic) bond motifs is 1. The van der Waals surface area contributed by atoms with Crippen LogP contribution < -0.4 is 4.57 Å². The van der Waals surface area contributed by atoms with Crippen molar-refractivity contribution in [3.63, 3.8) is 0 Å². The molecule has 0 amide bonds. The van der Waals surface area contributed by atoms with Gasteiger partial charge in [-0.05, 0) is 25.1 Å². The van der Waals surface area contributed by atoms with Crippen LogP contribution in [0.1, 0.15) is 6.92 Å². The molecule has 0 aliphatic rings. The van der Waals surface area contributed by atoms with Crippen molar-refractivity contribution < 1.29 is 4.57 Å². The number of rotatable bonds is 2. The van der Waals surface area contributed by atoms with Crippen molar-refractivity contribution in [2.24, 2.45) is 0 Å². The Balaban J connectivity index is 2.53. The van der Waals surface area contributed by atoms with Crippen LogP contribution in [0.2, 0.25) is 0 Å². The van der Waals surface area contributed by atoms with Gasteiger partial charge in [-0.2, -0.15) is 4.57 Å². The molecule has 14 heavy (non-hydrogen) atoms. The van der Waals surface area contributed by atoms with E-state index in [4.69, 9.17) is 0 Å². The number of pyridine rings is 1. The molecule has 0 N–H and O–H groups in total. The molecule has 0 fully saturated rings. The van der Waals surface area contributed by atoms with Gasteiger partial charge >= 0.3 is 0 Å². The van der Waals surface area contributed by atoms with Crippen molar-refractivity contribution in [3.8, 4) is 0 Å². The van der Waals surface area contributed by atoms with Crippen LogP contribution in [0.5, 0.6) is 0 Å². The smallest absolute Gasteiger partial charge is 0.195 e. The predicted octanol–water partition coefficient (Wildman–Crippen LogP) is 2.70. The molecule has 0 aliphatic heterocycles. The molecule has 1 heteroatoms. The van der Waals surface area contributed by atoms with Crippen LogP contribution in [-0.4, -0.2) is 0 Å². The summed E-state index contributed by atoms with van der Waals surface area (Å²) < 4.78 is 2.25. The molecule has 0 atom stereocenters. The summed E-state index contributed by atoms with van der Waals surface area (Å²) >= 11 is 0. The van der Waals surface area contributed by atoms with E-state index in [0.29, 0.717) is 0 Å². The summed E-state index contributed by atoms with van der Waals surface area (Å²) in [4.78, 5) is 0. The van der Waals surface area contributed by atoms with Crippen molar-refractivity contribution in [2.45, 2.75) is 13.5 Å². The maximum absolute atomic E-state index is 2.25. The second-order valence-electron chi connectivity index (χ2n) is 3.29. The third kappa shape index (κ3) is 1.67. The largest absolute Gasteiger partial charge is 0.212 e. The maximum atomic E-state index is 2.25. The molecule has 0 bridgehead atoms. The Morgan fingerprint density at radius 3 is 2.79 bits per heavy atom. The fourth-order valence-electron chi connectivity index (χ4n) is 1.60. The van der Waals surface area contributed by atoms with Gasteiger partial charge in [-0.1, -0.05) is 18.2 Å². The van der Waals surface area contributed by atoms with Crippen LogP contribution in [-0.2, 0) is 6.54 Å². The van der Waals surface area contributed by atoms with E-state index in [1.807, 2.05) is 6.92 Å². The van der Waals surface area contributed by atoms with Gasteiger partial charge in [0.15, 0.2) is 12.7 Å². The van der Waals surface area contributed by atoms with Crippen LogP contribution in [0.4, 0.5) is 0 Å². The average Bonchev–Trinajstić information content (AvgIpc) is 2.26. The average molecular weight is 184 g/mol. The molecule has 0 aliphatic carbocycles. The molecule has 0 spiro atoms. The topological polar surface area (TPSA) is 3.88 Å². The Labute approximate surface area is 84.3 Å². The van der Waals surface area contributed by atoms with E-state index in [1.165, 1.54) is 10.9 Å². The number of allylic oxidation sites excluding steroid dienone is 2. The molecule has 1 aromatic heterocycles. The maximum Gasteiger partial charge on any atom is 0.212 e. The van der Waals surface area contributed by atoms with E-state index < -0.39 is 0 Å². The lowest BCUT2D eigenvalue weighted by molar-refractivity contribution is -0.661. The summed E-state index contributed by atoms with van der Waals surface area (Å²) in [6.07, 6.45) is 6.35. The fraction of sp³-hybridized carbons (Fsp3) is 0.154. The highest BCUT2D eigenvalue weighted by atomic mass is 14.9. The standard InChI is InChI=1S/C13H14N/c1-2-3-10-14-11-6-8-12-7-4-5-9-13(12)14/h2-9,11H,10H2,1H3/q+1/b3-2-. The van der Waals surface area contributed by atoms with Crippen molar-refractivity contribution in [1.29, 1.82) is 0 Å². The van der Waals surface area contributed by atoms with E-state index in [0.717, 1.165) is 6.54 Å². The zero-order valence-electron chi connectivity index (χ0n) is 8.35. The lowest BCUT2D eigenvalue weighted by Crippen LogP contribution is -2.32. The second kappa shape index (κ2) is 4.05. The number of hydrogen-bond donors (Lipinski definition) is 0. The summed E-state index contributed by atoms with van der Waals surface area (Å²) in [5, 5.41) is 1.29. The monoisotopic (exact) mass is 184 g/mol. The molecule has 0 unspecified atom stereocenters. The molecule has 1 heterocycles. The van der Waals surface area contributed by atoms with Gasteiger partial charge in [0, 0.05) is 17.5 Å². The summed E-state index contributed by atoms with van der Waals surface area (Å²) in [5.41, 5.74) is 1.29. The van der Waals surface area contributed by atoms with Crippen molar-refractivity contribution in [3.05, 3.63) is 54.7 Å². The molecule has 0 saturated heterocycles. The lowest BCUT2D eigenvalue weighted by Gasteiger charge is -1.97. The highest BCUT2D eigenvalue weighted by molar-refractivity contribution is 5.74. The number of benzene rings is 1. The first-order valence-electron chi connectivity index (χ1n) is 4.90. The Kier molecular flexibility index (Phi) is 2.59. The Hall–Kier alpha value is -1.63. The van der Waals surface area contributed by atoms with E-state index in [1.54, 1.807) is 0 Å². The second-order valence-corrected chi connectivity index (χ2v) is 3.29. The minimum atomic E-state index is 0.942. The van der Waals surface area contributed by atoms with Crippen molar-refractivity contribution in [2.75, 3.05) is 0 Å². The van der Waals surface area contributed by atoms with Crippen LogP contribution in [0.25, 0.3) is 10.9 Å². The zero-order chi connectivity index (χ0) is 9.80. The Morgan fingerprint density at radius 1 is 1.14 bits per heavy atom. The fourth-order valence-corrected chi connectivity index (χ4v) is 1.60. The number of hydrogen-bond acceptors (Lipinski definition) is 0. The Bertz CT molecular complexity index is 452. The van der Waals surface area contributed by atoms with Crippen LogP contribution in [0.3, 0.4) is 0 Å². The van der Waals surface area contributed by atoms with E-state index >= 15 is 0 Å². The van der Waals surface area contributed by atoms with Crippen molar-refractivity contribution in [1.82, 2.24) is 0 Å². The van der Waals surface area contributed by atoms with Gasteiger partial charge in [0.25, 0.3) is 0 Å². The quantitative estimate of drug-likeness (QED) is 0.499. The highest BCUT2D eigenvalue weighted by Crippen LogP contribution is 2.07. The number of para-hydroxylation sites is 1. The van der Waals surface area contributed by atoms with Gasteiger partial charge in [0.05, 0.1) is 0 Å². The molecule has 70 valence electrons. The van der Waals surface area contributed by atoms with Crippen LogP contribution >= 0.6 is 0 Å². The third-order valence-electron chi connectivity index (χ3n) is 2.33. The predicted molar refractivity (Wildman–Crippen MR) is 59.0 cm³/mol. The number of nitrogens with zero attached hydrogens (tertiary/aromatic N) is 1. The molecular formula is C13H14N+. The highest BCUT2D eigenvalue weighted by Gasteiger charge is 2.03. The normalized spacial score (nSPS) is 11.2. The SMILES string of the molecule is C/C=C\C[n+]1cccc2ccccc21. The van der Waals surface area contributed by atoms with Gasteiger partial charge in [-0.25, -0.2) is 0 Å². The van der Waals surface area contributed by atoms with E-state index in [2.05, 4.69) is 59.3 Å². The molecular weight excluding hydrogens is 170 g/mol. The van der Waals surface area contributed by atoms with E-state index in [9.17, 15) is 0 Å². The number of aromatic nitrogens is 1. The van der Waals surface area contributed by atoms with Crippen molar-refractivity contribution >= 4 is 10.9 Å². The third-order valence-corrected chi connectivity index (χ3v) is 2.33. The van der Waals surface area contributed by atoms with Gasteiger partial charge < -0.3 is 0 Å². The summed E-state index contributed by atoms with van der Waals surface area (Å²) in [6.45, 7) is 2.99. The lowest BCUT2D eigenvalue weighted by atomic mass is 10.2. The van der Waals surface area contributed by atoms with Gasteiger partial charge in [0.2, 0.25) is 5.52 Å². The first-order valence-corrected chi connectivity index (χ1v) is 4.90. The van der Waals surface area contributed by atoms with Crippen LogP contribution in [0.15, 0.2) is 54.7 Å². The van der Waals surface area contributed by atoms with Gasteiger partial charge in [-0.15, -0.1) is 0 Å². The van der Waals surface area contributed by atoms with Gasteiger partial charge in [0.1, 0.15) is 0 Å². The molecule has 1 nitrogen and oxygen atoms in total. The minimum absolute atomic E-state index is 0.942. The summed E-state index contributed by atoms with van der Waals surface area (Å²) in [5.74, 6) is 0. The first-order chi connectivity index (χ1) is 6.92. The van der Waals surface area contributed by atoms with Crippen LogP contribution in [0, 0.1) is 0 Å². The molecule has 0 saturated carbocycles. The minimum Gasteiger partial charge on any atom is -0.195 e. The Morgan fingerprint density at radius 2 is 1.93 bits per heavy atom. The van der Waals surface area contributed by atoms with Gasteiger partial charge in [-0.3, -0.25) is 0 Å². The molecule has 1 aromatic carbocycles. The molecule has 2 rings (SSSR count). The summed E-state index contributed by atoms with van der Waals surface area (Å²) in [6, 6.07) is 12.7.